The van der Waals surface area contributed by atoms with Crippen LogP contribution >= 0.6 is 0 Å². The van der Waals surface area contributed by atoms with Crippen molar-refractivity contribution in [2.24, 2.45) is 0 Å². The van der Waals surface area contributed by atoms with Crippen molar-refractivity contribution in [3.05, 3.63) is 95.1 Å². The van der Waals surface area contributed by atoms with E-state index in [1.54, 1.807) is 12.1 Å². The van der Waals surface area contributed by atoms with Crippen molar-refractivity contribution in [3.63, 3.8) is 0 Å². The van der Waals surface area contributed by atoms with Crippen LogP contribution in [0.3, 0.4) is 0 Å². The molecule has 26 heavy (non-hydrogen) atoms. The summed E-state index contributed by atoms with van der Waals surface area (Å²) in [6.07, 6.45) is 4.27. The first-order chi connectivity index (χ1) is 12.8. The zero-order valence-electron chi connectivity index (χ0n) is 15.2. The number of benzene rings is 2. The van der Waals surface area contributed by atoms with Crippen molar-refractivity contribution in [3.8, 4) is 0 Å². The second-order valence-electron chi connectivity index (χ2n) is 7.04. The van der Waals surface area contributed by atoms with Crippen molar-refractivity contribution in [1.29, 1.82) is 0 Å². The van der Waals surface area contributed by atoms with Crippen LogP contribution in [-0.2, 0) is 19.5 Å². The van der Waals surface area contributed by atoms with E-state index in [1.807, 2.05) is 12.1 Å². The predicted octanol–water partition coefficient (Wildman–Crippen LogP) is 5.18. The molecule has 0 bridgehead atoms. The van der Waals surface area contributed by atoms with Crippen LogP contribution in [-0.4, -0.2) is 16.0 Å². The van der Waals surface area contributed by atoms with Crippen LogP contribution in [0.5, 0.6) is 0 Å². The Balaban J connectivity index is 1.74. The lowest BCUT2D eigenvalue weighted by Crippen LogP contribution is -2.29. The number of aromatic nitrogens is 1. The molecule has 0 saturated carbocycles. The van der Waals surface area contributed by atoms with Crippen LogP contribution in [0.15, 0.2) is 66.9 Å². The Labute approximate surface area is 154 Å². The fourth-order valence-electron chi connectivity index (χ4n) is 3.97. The van der Waals surface area contributed by atoms with Gasteiger partial charge in [-0.2, -0.15) is 0 Å². The Kier molecular flexibility index (Phi) is 4.89. The van der Waals surface area contributed by atoms with Gasteiger partial charge in [0.05, 0.1) is 6.04 Å². The van der Waals surface area contributed by atoms with Crippen molar-refractivity contribution >= 4 is 0 Å². The van der Waals surface area contributed by atoms with Gasteiger partial charge in [0.1, 0.15) is 5.82 Å². The Morgan fingerprint density at radius 1 is 0.962 bits per heavy atom. The lowest BCUT2D eigenvalue weighted by Gasteiger charge is -2.31. The number of hydrogen-bond donors (Lipinski definition) is 0. The molecule has 0 saturated heterocycles. The largest absolute Gasteiger partial charge is 0.350 e. The molecule has 2 aromatic carbocycles. The summed E-state index contributed by atoms with van der Waals surface area (Å²) in [6.45, 7) is 4.77. The maximum absolute atomic E-state index is 14.3. The Morgan fingerprint density at radius 3 is 2.54 bits per heavy atom. The third-order valence-corrected chi connectivity index (χ3v) is 5.39. The maximum Gasteiger partial charge on any atom is 0.127 e. The maximum atomic E-state index is 14.3. The molecule has 3 heteroatoms. The summed E-state index contributed by atoms with van der Waals surface area (Å²) in [7, 11) is 0. The lowest BCUT2D eigenvalue weighted by molar-refractivity contribution is 0.217. The van der Waals surface area contributed by atoms with Crippen LogP contribution in [0.4, 0.5) is 4.39 Å². The zero-order valence-corrected chi connectivity index (χ0v) is 15.2. The molecule has 2 heterocycles. The van der Waals surface area contributed by atoms with Gasteiger partial charge in [-0.25, -0.2) is 4.39 Å². The van der Waals surface area contributed by atoms with Gasteiger partial charge in [-0.05, 0) is 42.2 Å². The summed E-state index contributed by atoms with van der Waals surface area (Å²) in [5, 5.41) is 0. The molecule has 0 radical (unpaired) electrons. The standard InChI is InChI=1S/C23H25FN2/c1-2-18-10-12-19(13-11-18)23-22-9-5-14-25(22)15-6-16-26(23)17-20-7-3-4-8-21(20)24/h3-5,7-14,23H,2,6,15-17H2,1H3/t23-/m1/s1. The Hall–Kier alpha value is -2.39. The molecule has 0 N–H and O–H groups in total. The van der Waals surface area contributed by atoms with Gasteiger partial charge in [-0.3, -0.25) is 4.90 Å². The first kappa shape index (κ1) is 17.0. The molecule has 1 atom stereocenters. The van der Waals surface area contributed by atoms with Gasteiger partial charge in [0, 0.05) is 37.1 Å². The van der Waals surface area contributed by atoms with Gasteiger partial charge in [0.15, 0.2) is 0 Å². The molecule has 3 aromatic rings. The molecule has 0 spiro atoms. The number of fused-ring (bicyclic) bond motifs is 1. The first-order valence-corrected chi connectivity index (χ1v) is 9.47. The summed E-state index contributed by atoms with van der Waals surface area (Å²) < 4.78 is 16.6. The van der Waals surface area contributed by atoms with Gasteiger partial charge < -0.3 is 4.57 Å². The highest BCUT2D eigenvalue weighted by atomic mass is 19.1. The van der Waals surface area contributed by atoms with Gasteiger partial charge in [0.2, 0.25) is 0 Å². The van der Waals surface area contributed by atoms with E-state index < -0.39 is 0 Å². The van der Waals surface area contributed by atoms with E-state index in [9.17, 15) is 4.39 Å². The predicted molar refractivity (Wildman–Crippen MR) is 104 cm³/mol. The molecular formula is C23H25FN2. The SMILES string of the molecule is CCc1ccc([C@@H]2c3cccn3CCCN2Cc2ccccc2F)cc1. The summed E-state index contributed by atoms with van der Waals surface area (Å²) in [5.41, 5.74) is 4.68. The number of aryl methyl sites for hydroxylation is 2. The zero-order chi connectivity index (χ0) is 17.9. The van der Waals surface area contributed by atoms with Crippen LogP contribution in [0.25, 0.3) is 0 Å². The average Bonchev–Trinajstić information content (AvgIpc) is 3.05. The third-order valence-electron chi connectivity index (χ3n) is 5.39. The van der Waals surface area contributed by atoms with Crippen molar-refractivity contribution in [1.82, 2.24) is 9.47 Å². The Bertz CT molecular complexity index is 866. The average molecular weight is 348 g/mol. The summed E-state index contributed by atoms with van der Waals surface area (Å²) >= 11 is 0. The van der Waals surface area contributed by atoms with E-state index in [1.165, 1.54) is 16.8 Å². The van der Waals surface area contributed by atoms with Crippen LogP contribution in [0, 0.1) is 5.82 Å². The van der Waals surface area contributed by atoms with Gasteiger partial charge in [-0.1, -0.05) is 49.4 Å². The van der Waals surface area contributed by atoms with E-state index >= 15 is 0 Å². The fraction of sp³-hybridized carbons (Fsp3) is 0.304. The van der Waals surface area contributed by atoms with E-state index in [0.717, 1.165) is 31.5 Å². The summed E-state index contributed by atoms with van der Waals surface area (Å²) in [5.74, 6) is -0.118. The minimum atomic E-state index is -0.118. The molecule has 0 unspecified atom stereocenters. The summed E-state index contributed by atoms with van der Waals surface area (Å²) in [6, 6.07) is 20.5. The third kappa shape index (κ3) is 3.32. The smallest absolute Gasteiger partial charge is 0.127 e. The second-order valence-corrected chi connectivity index (χ2v) is 7.04. The highest BCUT2D eigenvalue weighted by Crippen LogP contribution is 2.33. The molecule has 1 aliphatic heterocycles. The Morgan fingerprint density at radius 2 is 1.77 bits per heavy atom. The molecule has 2 nitrogen and oxygen atoms in total. The topological polar surface area (TPSA) is 8.17 Å². The van der Waals surface area contributed by atoms with Gasteiger partial charge in [0.25, 0.3) is 0 Å². The normalized spacial score (nSPS) is 17.7. The molecule has 0 aliphatic carbocycles. The minimum Gasteiger partial charge on any atom is -0.350 e. The van der Waals surface area contributed by atoms with Crippen molar-refractivity contribution in [2.75, 3.05) is 6.54 Å². The van der Waals surface area contributed by atoms with Crippen molar-refractivity contribution < 1.29 is 4.39 Å². The van der Waals surface area contributed by atoms with Crippen LogP contribution in [0.2, 0.25) is 0 Å². The van der Waals surface area contributed by atoms with E-state index in [4.69, 9.17) is 0 Å². The molecule has 0 fully saturated rings. The van der Waals surface area contributed by atoms with Crippen LogP contribution in [0.1, 0.15) is 41.8 Å². The van der Waals surface area contributed by atoms with E-state index in [-0.39, 0.29) is 11.9 Å². The van der Waals surface area contributed by atoms with E-state index in [0.29, 0.717) is 6.54 Å². The highest BCUT2D eigenvalue weighted by Gasteiger charge is 2.27. The summed E-state index contributed by atoms with van der Waals surface area (Å²) in [4.78, 5) is 2.41. The highest BCUT2D eigenvalue weighted by molar-refractivity contribution is 5.32. The van der Waals surface area contributed by atoms with Gasteiger partial charge >= 0.3 is 0 Å². The molecule has 1 aliphatic rings. The minimum absolute atomic E-state index is 0.118. The number of halogens is 1. The second kappa shape index (κ2) is 7.46. The molecule has 134 valence electrons. The molecule has 1 aromatic heterocycles. The number of nitrogens with zero attached hydrogens (tertiary/aromatic N) is 2. The molecule has 0 amide bonds. The van der Waals surface area contributed by atoms with Crippen molar-refractivity contribution in [2.45, 2.75) is 38.9 Å². The van der Waals surface area contributed by atoms with Gasteiger partial charge in [-0.15, -0.1) is 0 Å². The monoisotopic (exact) mass is 348 g/mol. The van der Waals surface area contributed by atoms with Crippen LogP contribution < -0.4 is 0 Å². The fourth-order valence-corrected chi connectivity index (χ4v) is 3.97. The number of hydrogen-bond acceptors (Lipinski definition) is 1. The first-order valence-electron chi connectivity index (χ1n) is 9.47. The molecule has 4 rings (SSSR count). The number of rotatable bonds is 4. The van der Waals surface area contributed by atoms with E-state index in [2.05, 4.69) is 59.0 Å². The quantitative estimate of drug-likeness (QED) is 0.630. The lowest BCUT2D eigenvalue weighted by atomic mass is 9.99. The molecular weight excluding hydrogens is 323 g/mol.